The third-order valence-electron chi connectivity index (χ3n) is 3.87. The summed E-state index contributed by atoms with van der Waals surface area (Å²) in [6.45, 7) is 1.31. The lowest BCUT2D eigenvalue weighted by Crippen LogP contribution is -2.38. The van der Waals surface area contributed by atoms with Crippen molar-refractivity contribution < 1.29 is 19.1 Å². The van der Waals surface area contributed by atoms with Crippen molar-refractivity contribution >= 4 is 28.9 Å². The van der Waals surface area contributed by atoms with Gasteiger partial charge >= 0.3 is 5.97 Å². The number of methoxy groups -OCH3 is 1. The number of nitrogens with two attached hydrogens (primary N) is 1. The number of carbonyl (C=O) groups excluding carboxylic acids is 2. The fourth-order valence-corrected chi connectivity index (χ4v) is 2.64. The molecule has 2 aromatic carbocycles. The Morgan fingerprint density at radius 3 is 2.72 bits per heavy atom. The van der Waals surface area contributed by atoms with Gasteiger partial charge in [0.2, 0.25) is 5.91 Å². The molecule has 0 spiro atoms. The van der Waals surface area contributed by atoms with Gasteiger partial charge in [0.05, 0.1) is 31.5 Å². The maximum Gasteiger partial charge on any atom is 0.337 e. The van der Waals surface area contributed by atoms with Gasteiger partial charge < -0.3 is 25.4 Å². The maximum atomic E-state index is 12.3. The number of carbonyl (C=O) groups is 2. The van der Waals surface area contributed by atoms with E-state index in [1.54, 1.807) is 36.4 Å². The third kappa shape index (κ3) is 3.82. The Morgan fingerprint density at radius 2 is 2.00 bits per heavy atom. The van der Waals surface area contributed by atoms with E-state index in [1.165, 1.54) is 7.11 Å². The van der Waals surface area contributed by atoms with E-state index in [-0.39, 0.29) is 12.5 Å². The largest absolute Gasteiger partial charge is 0.489 e. The van der Waals surface area contributed by atoms with Crippen molar-refractivity contribution in [2.24, 2.45) is 0 Å². The van der Waals surface area contributed by atoms with Crippen molar-refractivity contribution in [3.05, 3.63) is 48.0 Å². The first-order chi connectivity index (χ1) is 12.1. The van der Waals surface area contributed by atoms with Gasteiger partial charge in [-0.2, -0.15) is 0 Å². The second kappa shape index (κ2) is 7.12. The second-order valence-corrected chi connectivity index (χ2v) is 5.61. The normalized spacial score (nSPS) is 12.8. The summed E-state index contributed by atoms with van der Waals surface area (Å²) in [6, 6.07) is 11.9. The second-order valence-electron chi connectivity index (χ2n) is 5.61. The number of hydrogen-bond acceptors (Lipinski definition) is 6. The summed E-state index contributed by atoms with van der Waals surface area (Å²) in [5.41, 5.74) is 8.27. The number of nitrogen functional groups attached to an aromatic ring is 1. The summed E-state index contributed by atoms with van der Waals surface area (Å²) in [5, 5.41) is 2.82. The summed E-state index contributed by atoms with van der Waals surface area (Å²) in [4.78, 5) is 25.7. The van der Waals surface area contributed by atoms with Crippen LogP contribution in [0.15, 0.2) is 42.5 Å². The van der Waals surface area contributed by atoms with Gasteiger partial charge in [0.25, 0.3) is 0 Å². The van der Waals surface area contributed by atoms with Crippen LogP contribution in [0.4, 0.5) is 17.1 Å². The Bertz CT molecular complexity index is 789. The highest BCUT2D eigenvalue weighted by atomic mass is 16.5. The number of benzene rings is 2. The summed E-state index contributed by atoms with van der Waals surface area (Å²) in [6.07, 6.45) is 0. The van der Waals surface area contributed by atoms with Gasteiger partial charge in [0, 0.05) is 17.4 Å². The van der Waals surface area contributed by atoms with E-state index in [4.69, 9.17) is 10.5 Å². The highest BCUT2D eigenvalue weighted by Gasteiger charge is 2.20. The molecule has 0 aliphatic carbocycles. The third-order valence-corrected chi connectivity index (χ3v) is 3.87. The molecular formula is C18H19N3O4. The number of hydrogen-bond donors (Lipinski definition) is 2. The lowest BCUT2D eigenvalue weighted by molar-refractivity contribution is -0.115. The molecule has 1 aliphatic heterocycles. The number of amides is 1. The molecule has 1 heterocycles. The molecule has 3 N–H and O–H groups in total. The molecule has 0 radical (unpaired) electrons. The van der Waals surface area contributed by atoms with Crippen LogP contribution in [0.5, 0.6) is 5.75 Å². The predicted octanol–water partition coefficient (Wildman–Crippen LogP) is 1.89. The molecule has 25 heavy (non-hydrogen) atoms. The first-order valence-electron chi connectivity index (χ1n) is 7.82. The molecule has 0 saturated heterocycles. The number of esters is 1. The van der Waals surface area contributed by atoms with Gasteiger partial charge in [-0.05, 0) is 36.4 Å². The molecular weight excluding hydrogens is 322 g/mol. The molecule has 1 aliphatic rings. The van der Waals surface area contributed by atoms with Crippen LogP contribution in [0, 0.1) is 0 Å². The Kier molecular flexibility index (Phi) is 4.74. The summed E-state index contributed by atoms with van der Waals surface area (Å²) < 4.78 is 10.2. The Hall–Kier alpha value is -3.22. The minimum Gasteiger partial charge on any atom is -0.489 e. The number of nitrogens with one attached hydrogen (secondary N) is 1. The van der Waals surface area contributed by atoms with Crippen LogP contribution in [0.25, 0.3) is 0 Å². The van der Waals surface area contributed by atoms with Crippen LogP contribution < -0.4 is 20.7 Å². The first-order valence-corrected chi connectivity index (χ1v) is 7.82. The highest BCUT2D eigenvalue weighted by Crippen LogP contribution is 2.33. The Balaban J connectivity index is 1.65. The van der Waals surface area contributed by atoms with Crippen molar-refractivity contribution in [3.63, 3.8) is 0 Å². The van der Waals surface area contributed by atoms with Crippen molar-refractivity contribution in [3.8, 4) is 5.75 Å². The first kappa shape index (κ1) is 16.6. The molecule has 0 unspecified atom stereocenters. The van der Waals surface area contributed by atoms with Gasteiger partial charge in [0.1, 0.15) is 12.4 Å². The topological polar surface area (TPSA) is 93.9 Å². The number of nitrogens with zero attached hydrogens (tertiary/aromatic N) is 1. The lowest BCUT2D eigenvalue weighted by atomic mass is 10.2. The van der Waals surface area contributed by atoms with Gasteiger partial charge in [-0.3, -0.25) is 4.79 Å². The zero-order valence-electron chi connectivity index (χ0n) is 13.8. The molecule has 7 nitrogen and oxygen atoms in total. The van der Waals surface area contributed by atoms with E-state index in [2.05, 4.69) is 10.1 Å². The monoisotopic (exact) mass is 341 g/mol. The zero-order valence-corrected chi connectivity index (χ0v) is 13.8. The molecule has 0 fully saturated rings. The van der Waals surface area contributed by atoms with E-state index in [9.17, 15) is 9.59 Å². The van der Waals surface area contributed by atoms with Crippen LogP contribution in [0.3, 0.4) is 0 Å². The lowest BCUT2D eigenvalue weighted by Gasteiger charge is -2.30. The van der Waals surface area contributed by atoms with E-state index in [0.29, 0.717) is 35.8 Å². The quantitative estimate of drug-likeness (QED) is 0.651. The average molecular weight is 341 g/mol. The fraction of sp³-hybridized carbons (Fsp3) is 0.222. The zero-order chi connectivity index (χ0) is 17.8. The van der Waals surface area contributed by atoms with Gasteiger partial charge in [-0.15, -0.1) is 0 Å². The van der Waals surface area contributed by atoms with E-state index in [1.807, 2.05) is 11.0 Å². The van der Waals surface area contributed by atoms with E-state index in [0.717, 1.165) is 5.69 Å². The molecule has 2 aromatic rings. The molecule has 0 aromatic heterocycles. The maximum absolute atomic E-state index is 12.3. The van der Waals surface area contributed by atoms with Gasteiger partial charge in [-0.25, -0.2) is 4.79 Å². The van der Waals surface area contributed by atoms with Crippen LogP contribution in [-0.4, -0.2) is 38.7 Å². The van der Waals surface area contributed by atoms with Crippen molar-refractivity contribution in [2.75, 3.05) is 42.8 Å². The Morgan fingerprint density at radius 1 is 1.24 bits per heavy atom. The molecule has 0 bridgehead atoms. The standard InChI is InChI=1S/C18H19N3O4/c1-24-18(23)12-2-5-14(6-3-12)20-17(22)11-21-8-9-25-16-10-13(19)4-7-15(16)21/h2-7,10H,8-9,11,19H2,1H3,(H,20,22). The van der Waals surface area contributed by atoms with Crippen LogP contribution >= 0.6 is 0 Å². The fourth-order valence-electron chi connectivity index (χ4n) is 2.64. The van der Waals surface area contributed by atoms with E-state index < -0.39 is 5.97 Å². The molecule has 130 valence electrons. The SMILES string of the molecule is COC(=O)c1ccc(NC(=O)CN2CCOc3cc(N)ccc32)cc1. The van der Waals surface area contributed by atoms with Crippen LogP contribution in [-0.2, 0) is 9.53 Å². The molecule has 0 saturated carbocycles. The van der Waals surface area contributed by atoms with Gasteiger partial charge in [-0.1, -0.05) is 0 Å². The van der Waals surface area contributed by atoms with Crippen LogP contribution in [0.2, 0.25) is 0 Å². The van der Waals surface area contributed by atoms with Crippen molar-refractivity contribution in [1.29, 1.82) is 0 Å². The van der Waals surface area contributed by atoms with Crippen LogP contribution in [0.1, 0.15) is 10.4 Å². The summed E-state index contributed by atoms with van der Waals surface area (Å²) in [7, 11) is 1.33. The van der Waals surface area contributed by atoms with Crippen molar-refractivity contribution in [1.82, 2.24) is 0 Å². The highest BCUT2D eigenvalue weighted by molar-refractivity contribution is 5.95. The summed E-state index contributed by atoms with van der Waals surface area (Å²) in [5.74, 6) is 0.110. The number of anilines is 3. The number of ether oxygens (including phenoxy) is 2. The molecule has 0 atom stereocenters. The minimum absolute atomic E-state index is 0.157. The van der Waals surface area contributed by atoms with Crippen molar-refractivity contribution in [2.45, 2.75) is 0 Å². The molecule has 1 amide bonds. The molecule has 7 heteroatoms. The van der Waals surface area contributed by atoms with Gasteiger partial charge in [0.15, 0.2) is 0 Å². The average Bonchev–Trinajstić information content (AvgIpc) is 2.61. The molecule has 3 rings (SSSR count). The number of rotatable bonds is 4. The van der Waals surface area contributed by atoms with E-state index >= 15 is 0 Å². The minimum atomic E-state index is -0.415. The summed E-state index contributed by atoms with van der Waals surface area (Å²) >= 11 is 0. The Labute approximate surface area is 145 Å². The predicted molar refractivity (Wildman–Crippen MR) is 95.0 cm³/mol. The smallest absolute Gasteiger partial charge is 0.337 e. The number of fused-ring (bicyclic) bond motifs is 1.